The number of thioether (sulfide) groups is 1. The van der Waals surface area contributed by atoms with Gasteiger partial charge in [-0.15, -0.1) is 0 Å². The number of rotatable bonds is 5. The van der Waals surface area contributed by atoms with Crippen molar-refractivity contribution < 1.29 is 19.2 Å². The van der Waals surface area contributed by atoms with Gasteiger partial charge in [-0.05, 0) is 49.6 Å². The van der Waals surface area contributed by atoms with E-state index >= 15 is 0 Å². The molecule has 0 spiro atoms. The molecule has 0 aliphatic carbocycles. The van der Waals surface area contributed by atoms with Crippen molar-refractivity contribution in [2.75, 3.05) is 18.4 Å². The van der Waals surface area contributed by atoms with Crippen LogP contribution >= 0.6 is 11.8 Å². The van der Waals surface area contributed by atoms with Gasteiger partial charge in [0.15, 0.2) is 5.17 Å². The molecule has 4 rings (SSSR count). The zero-order valence-electron chi connectivity index (χ0n) is 18.5. The number of hydrogen-bond donors (Lipinski definition) is 3. The molecule has 2 aromatic rings. The summed E-state index contributed by atoms with van der Waals surface area (Å²) in [6.45, 7) is 1.78. The first-order valence-corrected chi connectivity index (χ1v) is 12.0. The molecule has 2 aromatic carbocycles. The van der Waals surface area contributed by atoms with Crippen molar-refractivity contribution >= 4 is 46.2 Å². The van der Waals surface area contributed by atoms with Gasteiger partial charge < -0.3 is 10.2 Å². The summed E-state index contributed by atoms with van der Waals surface area (Å²) in [4.78, 5) is 55.6. The lowest BCUT2D eigenvalue weighted by Crippen LogP contribution is -2.41. The largest absolute Gasteiger partial charge is 0.351 e. The van der Waals surface area contributed by atoms with E-state index in [1.807, 2.05) is 0 Å². The van der Waals surface area contributed by atoms with Gasteiger partial charge in [-0.2, -0.15) is 4.99 Å². The van der Waals surface area contributed by atoms with Gasteiger partial charge in [0, 0.05) is 36.3 Å². The van der Waals surface area contributed by atoms with Crippen molar-refractivity contribution in [3.8, 4) is 0 Å². The SMILES string of the molecule is O=C(CC1SC(N2CCCCC2)=NC1=O)Nc1cccc(C(=O)NNC(=O)c2ccccc2)c1. The monoisotopic (exact) mass is 479 g/mol. The molecule has 0 bridgehead atoms. The Morgan fingerprint density at radius 3 is 2.32 bits per heavy atom. The zero-order valence-corrected chi connectivity index (χ0v) is 19.3. The summed E-state index contributed by atoms with van der Waals surface area (Å²) in [6.07, 6.45) is 3.34. The summed E-state index contributed by atoms with van der Waals surface area (Å²) in [7, 11) is 0. The fourth-order valence-electron chi connectivity index (χ4n) is 3.70. The van der Waals surface area contributed by atoms with Gasteiger partial charge in [0.05, 0.1) is 0 Å². The number of likely N-dealkylation sites (tertiary alicyclic amines) is 1. The van der Waals surface area contributed by atoms with Gasteiger partial charge in [-0.3, -0.25) is 30.0 Å². The van der Waals surface area contributed by atoms with E-state index < -0.39 is 17.1 Å². The molecule has 9 nitrogen and oxygen atoms in total. The van der Waals surface area contributed by atoms with E-state index in [2.05, 4.69) is 26.1 Å². The van der Waals surface area contributed by atoms with E-state index in [9.17, 15) is 19.2 Å². The van der Waals surface area contributed by atoms with Crippen LogP contribution in [0.5, 0.6) is 0 Å². The summed E-state index contributed by atoms with van der Waals surface area (Å²) in [5.41, 5.74) is 5.80. The lowest BCUT2D eigenvalue weighted by Gasteiger charge is -2.27. The van der Waals surface area contributed by atoms with Gasteiger partial charge >= 0.3 is 0 Å². The lowest BCUT2D eigenvalue weighted by molar-refractivity contribution is -0.121. The number of nitrogens with zero attached hydrogens (tertiary/aromatic N) is 2. The number of anilines is 1. The first-order chi connectivity index (χ1) is 16.5. The molecule has 2 heterocycles. The predicted octanol–water partition coefficient (Wildman–Crippen LogP) is 2.57. The van der Waals surface area contributed by atoms with Crippen LogP contribution in [0.2, 0.25) is 0 Å². The third kappa shape index (κ3) is 6.02. The average Bonchev–Trinajstić information content (AvgIpc) is 3.23. The van der Waals surface area contributed by atoms with Crippen LogP contribution in [0.3, 0.4) is 0 Å². The Balaban J connectivity index is 1.28. The molecule has 1 fully saturated rings. The number of amidine groups is 1. The van der Waals surface area contributed by atoms with Crippen molar-refractivity contribution in [3.63, 3.8) is 0 Å². The number of benzene rings is 2. The Labute approximate surface area is 201 Å². The highest BCUT2D eigenvalue weighted by Gasteiger charge is 2.33. The highest BCUT2D eigenvalue weighted by Crippen LogP contribution is 2.29. The van der Waals surface area contributed by atoms with E-state index in [4.69, 9.17) is 0 Å². The molecule has 1 saturated heterocycles. The summed E-state index contributed by atoms with van der Waals surface area (Å²) in [6, 6.07) is 14.8. The number of carbonyl (C=O) groups excluding carboxylic acids is 4. The minimum atomic E-state index is -0.545. The highest BCUT2D eigenvalue weighted by molar-refractivity contribution is 8.15. The van der Waals surface area contributed by atoms with Gasteiger partial charge in [-0.25, -0.2) is 0 Å². The van der Waals surface area contributed by atoms with Crippen LogP contribution in [0.25, 0.3) is 0 Å². The van der Waals surface area contributed by atoms with Gasteiger partial charge in [0.25, 0.3) is 17.7 Å². The van der Waals surface area contributed by atoms with Crippen molar-refractivity contribution in [2.45, 2.75) is 30.9 Å². The number of nitrogens with one attached hydrogen (secondary N) is 3. The van der Waals surface area contributed by atoms with Crippen molar-refractivity contribution in [2.24, 2.45) is 4.99 Å². The van der Waals surface area contributed by atoms with Gasteiger partial charge in [0.2, 0.25) is 5.91 Å². The Morgan fingerprint density at radius 2 is 1.59 bits per heavy atom. The van der Waals surface area contributed by atoms with Gasteiger partial charge in [-0.1, -0.05) is 36.0 Å². The first-order valence-electron chi connectivity index (χ1n) is 11.1. The second-order valence-electron chi connectivity index (χ2n) is 7.99. The summed E-state index contributed by atoms with van der Waals surface area (Å²) in [5.74, 6) is -1.59. The molecule has 3 N–H and O–H groups in total. The van der Waals surface area contributed by atoms with E-state index in [1.165, 1.54) is 24.2 Å². The van der Waals surface area contributed by atoms with Crippen molar-refractivity contribution in [1.29, 1.82) is 0 Å². The molecule has 176 valence electrons. The molecule has 2 aliphatic heterocycles. The second-order valence-corrected chi connectivity index (χ2v) is 9.16. The van der Waals surface area contributed by atoms with Crippen LogP contribution in [0, 0.1) is 0 Å². The highest BCUT2D eigenvalue weighted by atomic mass is 32.2. The normalized spacial score (nSPS) is 17.6. The number of piperidine rings is 1. The molecule has 34 heavy (non-hydrogen) atoms. The number of amides is 4. The molecule has 4 amide bonds. The Morgan fingerprint density at radius 1 is 0.912 bits per heavy atom. The summed E-state index contributed by atoms with van der Waals surface area (Å²) in [5, 5.41) is 2.90. The van der Waals surface area contributed by atoms with Crippen molar-refractivity contribution in [1.82, 2.24) is 15.8 Å². The molecule has 0 aromatic heterocycles. The Bertz CT molecular complexity index is 1120. The van der Waals surface area contributed by atoms with Crippen LogP contribution in [0.4, 0.5) is 5.69 Å². The molecule has 2 aliphatic rings. The zero-order chi connectivity index (χ0) is 23.9. The smallest absolute Gasteiger partial charge is 0.269 e. The maximum atomic E-state index is 12.6. The van der Waals surface area contributed by atoms with E-state index in [-0.39, 0.29) is 23.8 Å². The van der Waals surface area contributed by atoms with Crippen LogP contribution in [0.1, 0.15) is 46.4 Å². The molecular formula is C24H25N5O4S. The third-order valence-corrected chi connectivity index (χ3v) is 6.67. The minimum absolute atomic E-state index is 0.00605. The molecule has 0 saturated carbocycles. The fraction of sp³-hybridized carbons (Fsp3) is 0.292. The van der Waals surface area contributed by atoms with E-state index in [1.54, 1.807) is 48.5 Å². The van der Waals surface area contributed by atoms with Gasteiger partial charge in [0.1, 0.15) is 5.25 Å². The number of aliphatic imine (C=N–C) groups is 1. The van der Waals surface area contributed by atoms with Crippen LogP contribution in [0.15, 0.2) is 59.6 Å². The Hall–Kier alpha value is -3.66. The number of carbonyl (C=O) groups is 4. The maximum Gasteiger partial charge on any atom is 0.269 e. The fourth-order valence-corrected chi connectivity index (χ4v) is 4.81. The number of hydrogen-bond acceptors (Lipinski definition) is 6. The number of hydrazine groups is 1. The van der Waals surface area contributed by atoms with E-state index in [0.717, 1.165) is 25.9 Å². The predicted molar refractivity (Wildman–Crippen MR) is 130 cm³/mol. The summed E-state index contributed by atoms with van der Waals surface area (Å²) < 4.78 is 0. The van der Waals surface area contributed by atoms with Crippen LogP contribution in [-0.4, -0.2) is 52.0 Å². The quantitative estimate of drug-likeness (QED) is 0.567. The lowest BCUT2D eigenvalue weighted by atomic mass is 10.1. The van der Waals surface area contributed by atoms with Crippen LogP contribution < -0.4 is 16.2 Å². The molecule has 1 unspecified atom stereocenters. The standard InChI is InChI=1S/C24H25N5O4S/c30-20(15-19-23(33)26-24(34-19)29-12-5-2-6-13-29)25-18-11-7-10-17(14-18)22(32)28-27-21(31)16-8-3-1-4-9-16/h1,3-4,7-11,14,19H,2,5-6,12-13,15H2,(H,25,30)(H,27,31)(H,28,32). The molecule has 10 heteroatoms. The molecule has 1 atom stereocenters. The first kappa shape index (κ1) is 23.5. The molecular weight excluding hydrogens is 454 g/mol. The van der Waals surface area contributed by atoms with E-state index in [0.29, 0.717) is 16.4 Å². The minimum Gasteiger partial charge on any atom is -0.351 e. The maximum absolute atomic E-state index is 12.6. The average molecular weight is 480 g/mol. The van der Waals surface area contributed by atoms with Crippen molar-refractivity contribution in [3.05, 3.63) is 65.7 Å². The third-order valence-electron chi connectivity index (χ3n) is 5.46. The topological polar surface area (TPSA) is 120 Å². The van der Waals surface area contributed by atoms with Crippen LogP contribution in [-0.2, 0) is 9.59 Å². The summed E-state index contributed by atoms with van der Waals surface area (Å²) >= 11 is 1.34. The second kappa shape index (κ2) is 11.0. The molecule has 0 radical (unpaired) electrons. The Kier molecular flexibility index (Phi) is 7.58.